The minimum Gasteiger partial charge on any atom is -0.286 e. The average Bonchev–Trinajstić information content (AvgIpc) is 2.30. The van der Waals surface area contributed by atoms with Gasteiger partial charge in [0.1, 0.15) is 0 Å². The molecule has 0 spiro atoms. The lowest BCUT2D eigenvalue weighted by atomic mass is 10.1. The van der Waals surface area contributed by atoms with Gasteiger partial charge in [-0.25, -0.2) is 0 Å². The van der Waals surface area contributed by atoms with Gasteiger partial charge in [0.25, 0.3) is 0 Å². The van der Waals surface area contributed by atoms with Crippen molar-refractivity contribution in [1.82, 2.24) is 0 Å². The van der Waals surface area contributed by atoms with Crippen molar-refractivity contribution in [3.63, 3.8) is 0 Å². The van der Waals surface area contributed by atoms with E-state index in [0.29, 0.717) is 5.57 Å². The van der Waals surface area contributed by atoms with Crippen molar-refractivity contribution in [2.45, 2.75) is 0 Å². The lowest BCUT2D eigenvalue weighted by molar-refractivity contribution is -0.130. The molecule has 0 radical (unpaired) electrons. The van der Waals surface area contributed by atoms with Gasteiger partial charge in [0.2, 0.25) is 11.6 Å². The summed E-state index contributed by atoms with van der Waals surface area (Å²) in [6.07, 6.45) is 10.2. The zero-order valence-corrected chi connectivity index (χ0v) is 6.28. The predicted molar refractivity (Wildman–Crippen MR) is 44.5 cm³/mol. The standard InChI is InChI=1S/C10H6O2/c11-9-6-7-4-2-1-3-5-8(7)10(9)12/h1-6H. The molecule has 0 saturated carbocycles. The van der Waals surface area contributed by atoms with E-state index >= 15 is 0 Å². The van der Waals surface area contributed by atoms with Crippen LogP contribution >= 0.6 is 0 Å². The fourth-order valence-corrected chi connectivity index (χ4v) is 1.23. The van der Waals surface area contributed by atoms with Crippen molar-refractivity contribution in [2.24, 2.45) is 0 Å². The van der Waals surface area contributed by atoms with Crippen molar-refractivity contribution >= 4 is 11.6 Å². The fraction of sp³-hybridized carbons (Fsp3) is 0. The molecule has 0 aromatic rings. The zero-order valence-electron chi connectivity index (χ0n) is 6.28. The van der Waals surface area contributed by atoms with Crippen LogP contribution in [0.25, 0.3) is 0 Å². The van der Waals surface area contributed by atoms with Gasteiger partial charge in [-0.1, -0.05) is 30.4 Å². The van der Waals surface area contributed by atoms with Gasteiger partial charge < -0.3 is 0 Å². The third-order valence-corrected chi connectivity index (χ3v) is 1.83. The fourth-order valence-electron chi connectivity index (χ4n) is 1.23. The highest BCUT2D eigenvalue weighted by Gasteiger charge is 2.26. The molecule has 0 aliphatic heterocycles. The smallest absolute Gasteiger partial charge is 0.233 e. The summed E-state index contributed by atoms with van der Waals surface area (Å²) in [6.45, 7) is 0. The summed E-state index contributed by atoms with van der Waals surface area (Å²) in [5.41, 5.74) is 1.22. The Morgan fingerprint density at radius 2 is 1.83 bits per heavy atom. The van der Waals surface area contributed by atoms with E-state index in [2.05, 4.69) is 0 Å². The Balaban J connectivity index is 2.56. The second-order valence-electron chi connectivity index (χ2n) is 2.62. The highest BCUT2D eigenvalue weighted by Crippen LogP contribution is 2.22. The Hall–Kier alpha value is -1.70. The maximum absolute atomic E-state index is 11.2. The summed E-state index contributed by atoms with van der Waals surface area (Å²) in [5, 5.41) is 0. The molecular formula is C10H6O2. The normalized spacial score (nSPS) is 20.3. The molecule has 0 aromatic heterocycles. The van der Waals surface area contributed by atoms with Crippen LogP contribution in [-0.4, -0.2) is 11.6 Å². The van der Waals surface area contributed by atoms with Crippen molar-refractivity contribution in [2.75, 3.05) is 0 Å². The molecular weight excluding hydrogens is 152 g/mol. The van der Waals surface area contributed by atoms with Crippen molar-refractivity contribution in [3.05, 3.63) is 47.6 Å². The Labute approximate surface area is 69.6 Å². The van der Waals surface area contributed by atoms with Crippen LogP contribution in [-0.2, 0) is 9.59 Å². The van der Waals surface area contributed by atoms with Gasteiger partial charge in [-0.05, 0) is 11.6 Å². The number of Topliss-reactive ketones (excluding diaryl/α,β-unsaturated/α-hetero) is 1. The number of rotatable bonds is 0. The van der Waals surface area contributed by atoms with E-state index in [0.717, 1.165) is 5.57 Å². The van der Waals surface area contributed by atoms with Crippen LogP contribution in [0, 0.1) is 0 Å². The van der Waals surface area contributed by atoms with E-state index in [4.69, 9.17) is 0 Å². The van der Waals surface area contributed by atoms with Crippen LogP contribution < -0.4 is 0 Å². The first-order valence-electron chi connectivity index (χ1n) is 3.65. The summed E-state index contributed by atoms with van der Waals surface area (Å²) < 4.78 is 0. The lowest BCUT2D eigenvalue weighted by Gasteiger charge is -1.92. The first kappa shape index (κ1) is 6.98. The second kappa shape index (κ2) is 2.41. The number of carbonyl (C=O) groups excluding carboxylic acids is 2. The summed E-state index contributed by atoms with van der Waals surface area (Å²) in [5.74, 6) is -0.822. The molecule has 12 heavy (non-hydrogen) atoms. The molecule has 0 N–H and O–H groups in total. The Morgan fingerprint density at radius 3 is 2.67 bits per heavy atom. The maximum atomic E-state index is 11.2. The molecule has 0 heterocycles. The van der Waals surface area contributed by atoms with Gasteiger partial charge in [0, 0.05) is 5.57 Å². The summed E-state index contributed by atoms with van der Waals surface area (Å²) in [4.78, 5) is 22.1. The van der Waals surface area contributed by atoms with Gasteiger partial charge in [-0.15, -0.1) is 0 Å². The summed E-state index contributed by atoms with van der Waals surface area (Å²) in [6, 6.07) is 0. The predicted octanol–water partition coefficient (Wildman–Crippen LogP) is 1.12. The van der Waals surface area contributed by atoms with Gasteiger partial charge in [0.05, 0.1) is 0 Å². The number of hydrogen-bond donors (Lipinski definition) is 0. The first-order chi connectivity index (χ1) is 5.79. The van der Waals surface area contributed by atoms with Gasteiger partial charge in [-0.3, -0.25) is 9.59 Å². The maximum Gasteiger partial charge on any atom is 0.233 e. The van der Waals surface area contributed by atoms with E-state index in [1.54, 1.807) is 24.3 Å². The Morgan fingerprint density at radius 1 is 1.00 bits per heavy atom. The second-order valence-corrected chi connectivity index (χ2v) is 2.62. The molecule has 2 aliphatic carbocycles. The van der Waals surface area contributed by atoms with E-state index in [-0.39, 0.29) is 0 Å². The summed E-state index contributed by atoms with van der Waals surface area (Å²) >= 11 is 0. The third kappa shape index (κ3) is 0.889. The average molecular weight is 158 g/mol. The Kier molecular flexibility index (Phi) is 1.40. The molecule has 0 atom stereocenters. The minimum atomic E-state index is -0.420. The largest absolute Gasteiger partial charge is 0.286 e. The first-order valence-corrected chi connectivity index (χ1v) is 3.65. The number of allylic oxidation sites excluding steroid dienone is 8. The van der Waals surface area contributed by atoms with E-state index < -0.39 is 11.6 Å². The number of fused-ring (bicyclic) bond motifs is 1. The van der Waals surface area contributed by atoms with Crippen molar-refractivity contribution in [3.8, 4) is 0 Å². The molecule has 0 saturated heterocycles. The quantitative estimate of drug-likeness (QED) is 0.495. The van der Waals surface area contributed by atoms with E-state index in [1.807, 2.05) is 6.08 Å². The van der Waals surface area contributed by atoms with Crippen LogP contribution in [0.2, 0.25) is 0 Å². The topological polar surface area (TPSA) is 34.1 Å². The van der Waals surface area contributed by atoms with Gasteiger partial charge in [-0.2, -0.15) is 0 Å². The molecule has 0 aromatic carbocycles. The SMILES string of the molecule is O=C1C=C2C=CC=CC=C2C1=O. The molecule has 0 unspecified atom stereocenters. The molecule has 58 valence electrons. The molecule has 0 bridgehead atoms. The van der Waals surface area contributed by atoms with E-state index in [9.17, 15) is 9.59 Å². The number of carbonyl (C=O) groups is 2. The Bertz CT molecular complexity index is 379. The van der Waals surface area contributed by atoms with Crippen molar-refractivity contribution in [1.29, 1.82) is 0 Å². The summed E-state index contributed by atoms with van der Waals surface area (Å²) in [7, 11) is 0. The van der Waals surface area contributed by atoms with E-state index in [1.165, 1.54) is 6.08 Å². The van der Waals surface area contributed by atoms with Crippen LogP contribution in [0.1, 0.15) is 0 Å². The van der Waals surface area contributed by atoms with Gasteiger partial charge >= 0.3 is 0 Å². The van der Waals surface area contributed by atoms with Crippen molar-refractivity contribution < 1.29 is 9.59 Å². The van der Waals surface area contributed by atoms with Crippen LogP contribution in [0.5, 0.6) is 0 Å². The van der Waals surface area contributed by atoms with Crippen LogP contribution in [0.15, 0.2) is 47.6 Å². The van der Waals surface area contributed by atoms with Gasteiger partial charge in [0.15, 0.2) is 0 Å². The highest BCUT2D eigenvalue weighted by atomic mass is 16.2. The monoisotopic (exact) mass is 158 g/mol. The molecule has 0 amide bonds. The van der Waals surface area contributed by atoms with Crippen LogP contribution in [0.3, 0.4) is 0 Å². The number of hydrogen-bond acceptors (Lipinski definition) is 2. The highest BCUT2D eigenvalue weighted by molar-refractivity contribution is 6.51. The molecule has 2 heteroatoms. The molecule has 2 rings (SSSR count). The molecule has 0 fully saturated rings. The zero-order chi connectivity index (χ0) is 8.55. The van der Waals surface area contributed by atoms with Crippen LogP contribution in [0.4, 0.5) is 0 Å². The third-order valence-electron chi connectivity index (χ3n) is 1.83. The number of ketones is 2. The minimum absolute atomic E-state index is 0.402. The lowest BCUT2D eigenvalue weighted by Crippen LogP contribution is -2.06. The molecule has 2 nitrogen and oxygen atoms in total. The molecule has 2 aliphatic rings.